The Kier molecular flexibility index (Phi) is 5.88. The second-order valence-corrected chi connectivity index (χ2v) is 9.71. The standard InChI is InChI=1S/C21H17Cl2FN4O5S/c22-12-5-9-6-27-3-4-28(21(31)32)7-10(27)8-33-17(9)15(23)14(12)11-1-2-13(24)18-16(11)25-19(34-18)26-20(29)30/h1-2,5,10H,3-4,6-8H2,(H,25,26)(H,29,30)(H,31,32)/t10-/m0/s1. The number of piperazine rings is 1. The van der Waals surface area contributed by atoms with E-state index in [1.807, 2.05) is 0 Å². The smallest absolute Gasteiger partial charge is 0.410 e. The Morgan fingerprint density at radius 1 is 1.26 bits per heavy atom. The molecule has 34 heavy (non-hydrogen) atoms. The van der Waals surface area contributed by atoms with Gasteiger partial charge in [-0.05, 0) is 18.2 Å². The molecule has 0 radical (unpaired) electrons. The lowest BCUT2D eigenvalue weighted by molar-refractivity contribution is 0.0503. The number of benzene rings is 2. The molecule has 2 aliphatic heterocycles. The molecule has 0 aliphatic carbocycles. The van der Waals surface area contributed by atoms with Crippen molar-refractivity contribution in [1.29, 1.82) is 0 Å². The van der Waals surface area contributed by atoms with Crippen LogP contribution in [0.2, 0.25) is 10.0 Å². The summed E-state index contributed by atoms with van der Waals surface area (Å²) in [4.78, 5) is 30.1. The first-order valence-corrected chi connectivity index (χ1v) is 11.7. The quantitative estimate of drug-likeness (QED) is 0.427. The average molecular weight is 527 g/mol. The van der Waals surface area contributed by atoms with Gasteiger partial charge in [-0.25, -0.2) is 19.0 Å². The van der Waals surface area contributed by atoms with Gasteiger partial charge in [-0.2, -0.15) is 0 Å². The molecule has 1 atom stereocenters. The van der Waals surface area contributed by atoms with Crippen LogP contribution in [-0.2, 0) is 6.54 Å². The summed E-state index contributed by atoms with van der Waals surface area (Å²) in [6.07, 6.45) is -2.28. The average Bonchev–Trinajstić information content (AvgIpc) is 3.10. The summed E-state index contributed by atoms with van der Waals surface area (Å²) >= 11 is 14.3. The zero-order chi connectivity index (χ0) is 24.1. The summed E-state index contributed by atoms with van der Waals surface area (Å²) in [6.45, 7) is 1.98. The molecule has 3 heterocycles. The highest BCUT2D eigenvalue weighted by atomic mass is 35.5. The number of carbonyl (C=O) groups is 2. The van der Waals surface area contributed by atoms with Crippen LogP contribution in [-0.4, -0.2) is 69.5 Å². The third kappa shape index (κ3) is 3.98. The van der Waals surface area contributed by atoms with Crippen LogP contribution in [0.5, 0.6) is 5.75 Å². The van der Waals surface area contributed by atoms with Crippen molar-refractivity contribution in [2.75, 3.05) is 31.6 Å². The molecule has 178 valence electrons. The number of hydrogen-bond donors (Lipinski definition) is 3. The largest absolute Gasteiger partial charge is 0.490 e. The van der Waals surface area contributed by atoms with E-state index in [2.05, 4.69) is 15.2 Å². The summed E-state index contributed by atoms with van der Waals surface area (Å²) in [5.74, 6) is -0.123. The highest BCUT2D eigenvalue weighted by Gasteiger charge is 2.34. The molecule has 2 aromatic carbocycles. The van der Waals surface area contributed by atoms with Gasteiger partial charge in [-0.1, -0.05) is 34.5 Å². The first-order valence-electron chi connectivity index (χ1n) is 10.2. The van der Waals surface area contributed by atoms with Crippen molar-refractivity contribution in [1.82, 2.24) is 14.8 Å². The fraction of sp³-hybridized carbons (Fsp3) is 0.286. The number of hydrogen-bond acceptors (Lipinski definition) is 6. The van der Waals surface area contributed by atoms with Crippen molar-refractivity contribution in [3.63, 3.8) is 0 Å². The Morgan fingerprint density at radius 3 is 2.79 bits per heavy atom. The first kappa shape index (κ1) is 22.9. The second-order valence-electron chi connectivity index (χ2n) is 7.92. The molecule has 0 bridgehead atoms. The van der Waals surface area contributed by atoms with Gasteiger partial charge in [0.1, 0.15) is 18.2 Å². The number of amides is 2. The highest BCUT2D eigenvalue weighted by molar-refractivity contribution is 7.22. The number of ether oxygens (including phenoxy) is 1. The molecule has 1 fully saturated rings. The zero-order valence-electron chi connectivity index (χ0n) is 17.3. The molecule has 0 unspecified atom stereocenters. The predicted molar refractivity (Wildman–Crippen MR) is 126 cm³/mol. The van der Waals surface area contributed by atoms with Gasteiger partial charge >= 0.3 is 12.2 Å². The molecule has 3 aromatic rings. The van der Waals surface area contributed by atoms with Gasteiger partial charge in [-0.15, -0.1) is 0 Å². The molecule has 2 amide bonds. The lowest BCUT2D eigenvalue weighted by Gasteiger charge is -2.38. The molecule has 13 heteroatoms. The minimum absolute atomic E-state index is 0.0203. The van der Waals surface area contributed by atoms with E-state index in [9.17, 15) is 19.1 Å². The van der Waals surface area contributed by atoms with Gasteiger partial charge in [-0.3, -0.25) is 10.2 Å². The van der Waals surface area contributed by atoms with E-state index in [1.165, 1.54) is 17.0 Å². The van der Waals surface area contributed by atoms with Crippen molar-refractivity contribution in [2.45, 2.75) is 12.6 Å². The number of fused-ring (bicyclic) bond motifs is 3. The Bertz CT molecular complexity index is 1340. The second kappa shape index (κ2) is 8.73. The molecule has 2 aliphatic rings. The third-order valence-corrected chi connectivity index (χ3v) is 7.54. The van der Waals surface area contributed by atoms with E-state index in [0.717, 1.165) is 16.9 Å². The van der Waals surface area contributed by atoms with Crippen molar-refractivity contribution in [3.8, 4) is 16.9 Å². The highest BCUT2D eigenvalue weighted by Crippen LogP contribution is 2.47. The molecule has 5 rings (SSSR count). The Hall–Kier alpha value is -2.86. The zero-order valence-corrected chi connectivity index (χ0v) is 19.7. The summed E-state index contributed by atoms with van der Waals surface area (Å²) in [5.41, 5.74) is 1.81. The van der Waals surface area contributed by atoms with Gasteiger partial charge in [0.15, 0.2) is 5.13 Å². The van der Waals surface area contributed by atoms with Crippen LogP contribution in [0.3, 0.4) is 0 Å². The number of anilines is 1. The van der Waals surface area contributed by atoms with Crippen LogP contribution < -0.4 is 10.1 Å². The predicted octanol–water partition coefficient (Wildman–Crippen LogP) is 5.06. The topological polar surface area (TPSA) is 115 Å². The van der Waals surface area contributed by atoms with E-state index < -0.39 is 18.0 Å². The Balaban J connectivity index is 1.57. The van der Waals surface area contributed by atoms with Crippen LogP contribution >= 0.6 is 34.5 Å². The van der Waals surface area contributed by atoms with Crippen molar-refractivity contribution in [3.05, 3.63) is 39.6 Å². The minimum atomic E-state index is -1.31. The van der Waals surface area contributed by atoms with Gasteiger partial charge in [0, 0.05) is 42.9 Å². The van der Waals surface area contributed by atoms with E-state index in [-0.39, 0.29) is 33.0 Å². The maximum Gasteiger partial charge on any atom is 0.410 e. The van der Waals surface area contributed by atoms with Crippen LogP contribution in [0.4, 0.5) is 19.1 Å². The normalized spacial score (nSPS) is 18.1. The molecule has 0 spiro atoms. The Morgan fingerprint density at radius 2 is 2.06 bits per heavy atom. The SMILES string of the molecule is O=C(O)Nc1nc2c(-c3c(Cl)cc4c(c3Cl)OC[C@@H]3CN(C(=O)O)CCN3C4)ccc(F)c2s1. The summed E-state index contributed by atoms with van der Waals surface area (Å²) in [7, 11) is 0. The number of nitrogens with one attached hydrogen (secondary N) is 1. The minimum Gasteiger partial charge on any atom is -0.490 e. The molecule has 0 saturated carbocycles. The lowest BCUT2D eigenvalue weighted by atomic mass is 10.0. The van der Waals surface area contributed by atoms with Crippen LogP contribution in [0.25, 0.3) is 21.3 Å². The van der Waals surface area contributed by atoms with Crippen molar-refractivity contribution < 1.29 is 28.9 Å². The van der Waals surface area contributed by atoms with Gasteiger partial charge < -0.3 is 19.8 Å². The van der Waals surface area contributed by atoms with Gasteiger partial charge in [0.05, 0.1) is 26.3 Å². The summed E-state index contributed by atoms with van der Waals surface area (Å²) in [5, 5.41) is 21.0. The molecular formula is C21H17Cl2FN4O5S. The van der Waals surface area contributed by atoms with Crippen molar-refractivity contribution >= 4 is 62.1 Å². The Labute approximate surface area is 206 Å². The van der Waals surface area contributed by atoms with Crippen LogP contribution in [0.15, 0.2) is 18.2 Å². The van der Waals surface area contributed by atoms with Crippen LogP contribution in [0, 0.1) is 5.82 Å². The molecule has 3 N–H and O–H groups in total. The first-order chi connectivity index (χ1) is 16.2. The van der Waals surface area contributed by atoms with E-state index >= 15 is 0 Å². The lowest BCUT2D eigenvalue weighted by Crippen LogP contribution is -2.55. The number of rotatable bonds is 2. The maximum absolute atomic E-state index is 14.5. The monoisotopic (exact) mass is 526 g/mol. The van der Waals surface area contributed by atoms with Gasteiger partial charge in [0.2, 0.25) is 0 Å². The molecule has 1 saturated heterocycles. The number of carboxylic acid groups (broad SMARTS) is 2. The molecular weight excluding hydrogens is 510 g/mol. The molecule has 1 aromatic heterocycles. The number of halogens is 3. The van der Waals surface area contributed by atoms with E-state index in [0.29, 0.717) is 48.1 Å². The summed E-state index contributed by atoms with van der Waals surface area (Å²) in [6, 6.07) is 4.34. The van der Waals surface area contributed by atoms with Crippen molar-refractivity contribution in [2.24, 2.45) is 0 Å². The number of thiazole rings is 1. The fourth-order valence-electron chi connectivity index (χ4n) is 4.32. The van der Waals surface area contributed by atoms with E-state index in [4.69, 9.17) is 33.0 Å². The fourth-order valence-corrected chi connectivity index (χ4v) is 5.97. The molecule has 9 nitrogen and oxygen atoms in total. The van der Waals surface area contributed by atoms with Crippen LogP contribution in [0.1, 0.15) is 5.56 Å². The summed E-state index contributed by atoms with van der Waals surface area (Å²) < 4.78 is 20.7. The number of nitrogens with zero attached hydrogens (tertiary/aromatic N) is 3. The maximum atomic E-state index is 14.5. The van der Waals surface area contributed by atoms with Gasteiger partial charge in [0.25, 0.3) is 0 Å². The third-order valence-electron chi connectivity index (χ3n) is 5.90. The van der Waals surface area contributed by atoms with E-state index in [1.54, 1.807) is 6.07 Å². The number of aromatic nitrogens is 1.